The van der Waals surface area contributed by atoms with Gasteiger partial charge in [0.2, 0.25) is 0 Å². The van der Waals surface area contributed by atoms with Crippen LogP contribution in [-0.2, 0) is 10.0 Å². The van der Waals surface area contributed by atoms with Crippen molar-refractivity contribution >= 4 is 53.2 Å². The molecule has 0 spiro atoms. The minimum Gasteiger partial charge on any atom is -0.206 e. The highest BCUT2D eigenvalue weighted by Gasteiger charge is 2.23. The highest BCUT2D eigenvalue weighted by atomic mass is 79.9. The van der Waals surface area contributed by atoms with Crippen LogP contribution in [0.2, 0.25) is 0 Å². The lowest BCUT2D eigenvalue weighted by Gasteiger charge is -2.17. The summed E-state index contributed by atoms with van der Waals surface area (Å²) in [4.78, 5) is 0.140. The van der Waals surface area contributed by atoms with Crippen LogP contribution in [-0.4, -0.2) is 31.1 Å². The molecule has 1 aromatic heterocycles. The Morgan fingerprint density at radius 3 is 2.53 bits per heavy atom. The molecule has 0 bridgehead atoms. The summed E-state index contributed by atoms with van der Waals surface area (Å²) in [5, 5.41) is 0. The number of alkyl halides is 1. The van der Waals surface area contributed by atoms with Crippen LogP contribution in [0.4, 0.5) is 0 Å². The first-order chi connectivity index (χ1) is 6.84. The molecular weight excluding hydrogens is 366 g/mol. The van der Waals surface area contributed by atoms with Crippen molar-refractivity contribution in [2.75, 3.05) is 13.6 Å². The molecule has 0 radical (unpaired) electrons. The van der Waals surface area contributed by atoms with Gasteiger partial charge in [0, 0.05) is 18.4 Å². The monoisotopic (exact) mass is 375 g/mol. The van der Waals surface area contributed by atoms with Crippen molar-refractivity contribution in [3.05, 3.63) is 15.9 Å². The van der Waals surface area contributed by atoms with E-state index in [0.29, 0.717) is 10.8 Å². The molecule has 0 amide bonds. The van der Waals surface area contributed by atoms with Crippen molar-refractivity contribution in [1.29, 1.82) is 0 Å². The van der Waals surface area contributed by atoms with Gasteiger partial charge in [-0.2, -0.15) is 4.31 Å². The highest BCUT2D eigenvalue weighted by molar-refractivity contribution is 9.11. The highest BCUT2D eigenvalue weighted by Crippen LogP contribution is 2.28. The predicted octanol–water partition coefficient (Wildman–Crippen LogP) is 2.91. The molecule has 86 valence electrons. The molecule has 0 aliphatic heterocycles. The zero-order chi connectivity index (χ0) is 11.6. The smallest absolute Gasteiger partial charge is 0.206 e. The molecular formula is C8H11Br2NO2S2. The normalized spacial score (nSPS) is 14.5. The first kappa shape index (κ1) is 13.6. The van der Waals surface area contributed by atoms with E-state index in [-0.39, 0.29) is 4.83 Å². The van der Waals surface area contributed by atoms with E-state index in [9.17, 15) is 8.42 Å². The molecule has 0 saturated heterocycles. The van der Waals surface area contributed by atoms with E-state index >= 15 is 0 Å². The maximum Gasteiger partial charge on any atom is 0.252 e. The average molecular weight is 377 g/mol. The second kappa shape index (κ2) is 5.27. The molecule has 0 saturated carbocycles. The zero-order valence-corrected chi connectivity index (χ0v) is 13.1. The Hall–Kier alpha value is 0.570. The van der Waals surface area contributed by atoms with E-state index in [4.69, 9.17) is 0 Å². The topological polar surface area (TPSA) is 37.4 Å². The van der Waals surface area contributed by atoms with Gasteiger partial charge in [0.05, 0.1) is 3.79 Å². The van der Waals surface area contributed by atoms with E-state index in [1.807, 2.05) is 6.92 Å². The van der Waals surface area contributed by atoms with Crippen LogP contribution < -0.4 is 0 Å². The Morgan fingerprint density at radius 2 is 2.13 bits per heavy atom. The SMILES string of the molecule is CC(Br)CN(C)S(=O)(=O)c1ccc(Br)s1. The van der Waals surface area contributed by atoms with Crippen molar-refractivity contribution in [3.8, 4) is 0 Å². The van der Waals surface area contributed by atoms with Gasteiger partial charge in [0.15, 0.2) is 0 Å². The second-order valence-corrected chi connectivity index (χ2v) is 9.42. The van der Waals surface area contributed by atoms with E-state index < -0.39 is 10.0 Å². The molecule has 1 atom stereocenters. The Labute approximate surface area is 111 Å². The van der Waals surface area contributed by atoms with Crippen LogP contribution >= 0.6 is 43.2 Å². The number of sulfonamides is 1. The van der Waals surface area contributed by atoms with Gasteiger partial charge < -0.3 is 0 Å². The fourth-order valence-corrected chi connectivity index (χ4v) is 5.15. The van der Waals surface area contributed by atoms with Gasteiger partial charge >= 0.3 is 0 Å². The zero-order valence-electron chi connectivity index (χ0n) is 8.28. The summed E-state index contributed by atoms with van der Waals surface area (Å²) in [6, 6.07) is 3.35. The third-order valence-corrected chi connectivity index (χ3v) is 5.93. The summed E-state index contributed by atoms with van der Waals surface area (Å²) in [5.41, 5.74) is 0. The van der Waals surface area contributed by atoms with Crippen molar-refractivity contribution < 1.29 is 8.42 Å². The van der Waals surface area contributed by atoms with Crippen molar-refractivity contribution in [3.63, 3.8) is 0 Å². The molecule has 0 N–H and O–H groups in total. The van der Waals surface area contributed by atoms with E-state index in [1.54, 1.807) is 19.2 Å². The summed E-state index contributed by atoms with van der Waals surface area (Å²) in [6.07, 6.45) is 0. The van der Waals surface area contributed by atoms with E-state index in [1.165, 1.54) is 15.6 Å². The quantitative estimate of drug-likeness (QED) is 0.757. The van der Waals surface area contributed by atoms with Crippen molar-refractivity contribution in [1.82, 2.24) is 4.31 Å². The van der Waals surface area contributed by atoms with Gasteiger partial charge in [-0.3, -0.25) is 0 Å². The van der Waals surface area contributed by atoms with E-state index in [2.05, 4.69) is 31.9 Å². The average Bonchev–Trinajstić information content (AvgIpc) is 2.50. The van der Waals surface area contributed by atoms with Crippen LogP contribution in [0.25, 0.3) is 0 Å². The van der Waals surface area contributed by atoms with Gasteiger partial charge in [-0.25, -0.2) is 8.42 Å². The van der Waals surface area contributed by atoms with Gasteiger partial charge in [-0.1, -0.05) is 22.9 Å². The molecule has 1 rings (SSSR count). The minimum absolute atomic E-state index is 0.140. The molecule has 0 aliphatic carbocycles. The lowest BCUT2D eigenvalue weighted by atomic mass is 10.5. The lowest BCUT2D eigenvalue weighted by molar-refractivity contribution is 0.475. The number of halogens is 2. The molecule has 0 fully saturated rings. The lowest BCUT2D eigenvalue weighted by Crippen LogP contribution is -2.30. The molecule has 15 heavy (non-hydrogen) atoms. The van der Waals surface area contributed by atoms with Crippen LogP contribution in [0.3, 0.4) is 0 Å². The van der Waals surface area contributed by atoms with Crippen LogP contribution in [0.5, 0.6) is 0 Å². The van der Waals surface area contributed by atoms with Gasteiger partial charge in [0.25, 0.3) is 10.0 Å². The van der Waals surface area contributed by atoms with Crippen molar-refractivity contribution in [2.45, 2.75) is 16.0 Å². The molecule has 0 aliphatic rings. The molecule has 3 nitrogen and oxygen atoms in total. The fraction of sp³-hybridized carbons (Fsp3) is 0.500. The second-order valence-electron chi connectivity index (χ2n) is 3.12. The Kier molecular flexibility index (Phi) is 4.79. The van der Waals surface area contributed by atoms with Gasteiger partial charge in [0.1, 0.15) is 4.21 Å². The Bertz CT molecular complexity index is 428. The van der Waals surface area contributed by atoms with E-state index in [0.717, 1.165) is 3.79 Å². The molecule has 1 heterocycles. The van der Waals surface area contributed by atoms with Crippen LogP contribution in [0.15, 0.2) is 20.1 Å². The summed E-state index contributed by atoms with van der Waals surface area (Å²) >= 11 is 7.81. The molecule has 1 aromatic rings. The maximum absolute atomic E-state index is 12.0. The Morgan fingerprint density at radius 1 is 1.53 bits per heavy atom. The van der Waals surface area contributed by atoms with Gasteiger partial charge in [-0.05, 0) is 28.1 Å². The number of rotatable bonds is 4. The van der Waals surface area contributed by atoms with Gasteiger partial charge in [-0.15, -0.1) is 11.3 Å². The number of hydrogen-bond donors (Lipinski definition) is 0. The molecule has 7 heteroatoms. The Balaban J connectivity index is 2.93. The standard InChI is InChI=1S/C8H11Br2NO2S2/c1-6(9)5-11(2)15(12,13)8-4-3-7(10)14-8/h3-4,6H,5H2,1-2H3. The third-order valence-electron chi connectivity index (χ3n) is 1.72. The molecule has 1 unspecified atom stereocenters. The number of thiophene rings is 1. The summed E-state index contributed by atoms with van der Waals surface area (Å²) in [6.45, 7) is 2.37. The van der Waals surface area contributed by atoms with Crippen LogP contribution in [0.1, 0.15) is 6.92 Å². The van der Waals surface area contributed by atoms with Crippen LogP contribution in [0, 0.1) is 0 Å². The van der Waals surface area contributed by atoms with Crippen molar-refractivity contribution in [2.24, 2.45) is 0 Å². The number of hydrogen-bond acceptors (Lipinski definition) is 3. The first-order valence-corrected chi connectivity index (χ1v) is 8.16. The fourth-order valence-electron chi connectivity index (χ4n) is 1.04. The summed E-state index contributed by atoms with van der Waals surface area (Å²) in [7, 11) is -1.74. The first-order valence-electron chi connectivity index (χ1n) is 4.20. The number of nitrogens with zero attached hydrogens (tertiary/aromatic N) is 1. The maximum atomic E-state index is 12.0. The minimum atomic E-state index is -3.32. The summed E-state index contributed by atoms with van der Waals surface area (Å²) < 4.78 is 26.5. The predicted molar refractivity (Wildman–Crippen MR) is 70.2 cm³/mol. The largest absolute Gasteiger partial charge is 0.252 e. The summed E-state index contributed by atoms with van der Waals surface area (Å²) in [5.74, 6) is 0. The third kappa shape index (κ3) is 3.52. The molecule has 0 aromatic carbocycles.